The minimum atomic E-state index is -0.357. The summed E-state index contributed by atoms with van der Waals surface area (Å²) in [6, 6.07) is 4.77. The normalized spacial score (nSPS) is 21.7. The molecule has 0 radical (unpaired) electrons. The summed E-state index contributed by atoms with van der Waals surface area (Å²) < 4.78 is 13.7. The number of halogens is 1. The summed E-state index contributed by atoms with van der Waals surface area (Å²) in [5.74, 6) is -0.264. The standard InChI is InChI=1S/C14H17FN2O/c15-10-5-4-6-11-12(10)16-9-14(13(18)17-11)7-2-1-3-8-14/h4-6,16H,1-3,7-9H2,(H,17,18). The molecule has 1 fully saturated rings. The van der Waals surface area contributed by atoms with Gasteiger partial charge in [0.1, 0.15) is 5.82 Å². The van der Waals surface area contributed by atoms with Crippen LogP contribution in [-0.2, 0) is 4.79 Å². The van der Waals surface area contributed by atoms with Crippen LogP contribution in [0, 0.1) is 11.2 Å². The molecule has 3 rings (SSSR count). The van der Waals surface area contributed by atoms with E-state index in [-0.39, 0.29) is 17.1 Å². The molecule has 1 aliphatic carbocycles. The first-order valence-electron chi connectivity index (χ1n) is 6.55. The number of amides is 1. The summed E-state index contributed by atoms with van der Waals surface area (Å²) in [4.78, 5) is 12.4. The lowest BCUT2D eigenvalue weighted by atomic mass is 9.73. The summed E-state index contributed by atoms with van der Waals surface area (Å²) in [6.45, 7) is 0.534. The van der Waals surface area contributed by atoms with Crippen LogP contribution in [0.3, 0.4) is 0 Å². The molecule has 0 atom stereocenters. The van der Waals surface area contributed by atoms with Crippen molar-refractivity contribution in [2.75, 3.05) is 17.2 Å². The van der Waals surface area contributed by atoms with Gasteiger partial charge in [-0.2, -0.15) is 0 Å². The van der Waals surface area contributed by atoms with E-state index >= 15 is 0 Å². The van der Waals surface area contributed by atoms with Crippen molar-refractivity contribution >= 4 is 17.3 Å². The molecule has 1 aromatic rings. The van der Waals surface area contributed by atoms with E-state index < -0.39 is 0 Å². The molecule has 1 spiro atoms. The molecular weight excluding hydrogens is 231 g/mol. The number of para-hydroxylation sites is 1. The van der Waals surface area contributed by atoms with E-state index in [0.717, 1.165) is 25.7 Å². The van der Waals surface area contributed by atoms with Crippen LogP contribution in [0.15, 0.2) is 18.2 Å². The van der Waals surface area contributed by atoms with Crippen molar-refractivity contribution in [3.8, 4) is 0 Å². The highest BCUT2D eigenvalue weighted by atomic mass is 19.1. The minimum absolute atomic E-state index is 0.0408. The first kappa shape index (κ1) is 11.5. The highest BCUT2D eigenvalue weighted by molar-refractivity contribution is 6.00. The zero-order valence-corrected chi connectivity index (χ0v) is 10.3. The van der Waals surface area contributed by atoms with Gasteiger partial charge < -0.3 is 10.6 Å². The maximum atomic E-state index is 13.7. The summed E-state index contributed by atoms with van der Waals surface area (Å²) in [6.07, 6.45) is 5.13. The maximum absolute atomic E-state index is 13.7. The Balaban J connectivity index is 1.95. The number of carbonyl (C=O) groups excluding carboxylic acids is 1. The second-order valence-corrected chi connectivity index (χ2v) is 5.31. The Hall–Kier alpha value is -1.58. The van der Waals surface area contributed by atoms with Gasteiger partial charge in [0.25, 0.3) is 0 Å². The van der Waals surface area contributed by atoms with Crippen LogP contribution >= 0.6 is 0 Å². The molecule has 1 amide bonds. The van der Waals surface area contributed by atoms with E-state index in [0.29, 0.717) is 17.9 Å². The summed E-state index contributed by atoms with van der Waals surface area (Å²) in [5.41, 5.74) is 0.625. The number of rotatable bonds is 0. The minimum Gasteiger partial charge on any atom is -0.380 e. The highest BCUT2D eigenvalue weighted by Gasteiger charge is 2.41. The van der Waals surface area contributed by atoms with E-state index in [1.165, 1.54) is 12.5 Å². The van der Waals surface area contributed by atoms with Crippen LogP contribution in [-0.4, -0.2) is 12.5 Å². The number of anilines is 2. The summed E-state index contributed by atoms with van der Waals surface area (Å²) in [7, 11) is 0. The van der Waals surface area contributed by atoms with Gasteiger partial charge in [-0.3, -0.25) is 4.79 Å². The van der Waals surface area contributed by atoms with Crippen molar-refractivity contribution in [3.05, 3.63) is 24.0 Å². The van der Waals surface area contributed by atoms with Gasteiger partial charge in [-0.1, -0.05) is 25.3 Å². The SMILES string of the molecule is O=C1Nc2cccc(F)c2NCC12CCCCC2. The molecule has 2 aliphatic rings. The van der Waals surface area contributed by atoms with E-state index in [1.807, 2.05) is 0 Å². The quantitative estimate of drug-likeness (QED) is 0.740. The summed E-state index contributed by atoms with van der Waals surface area (Å²) in [5, 5.41) is 6.01. The Morgan fingerprint density at radius 2 is 1.94 bits per heavy atom. The van der Waals surface area contributed by atoms with Gasteiger partial charge in [-0.25, -0.2) is 4.39 Å². The zero-order valence-electron chi connectivity index (χ0n) is 10.3. The maximum Gasteiger partial charge on any atom is 0.232 e. The average Bonchev–Trinajstić information content (AvgIpc) is 2.51. The van der Waals surface area contributed by atoms with Crippen LogP contribution in [0.4, 0.5) is 15.8 Å². The third-order valence-electron chi connectivity index (χ3n) is 4.16. The molecule has 2 N–H and O–H groups in total. The van der Waals surface area contributed by atoms with Crippen LogP contribution < -0.4 is 10.6 Å². The van der Waals surface area contributed by atoms with E-state index in [1.54, 1.807) is 12.1 Å². The predicted octanol–water partition coefficient (Wildman–Crippen LogP) is 3.14. The van der Waals surface area contributed by atoms with Gasteiger partial charge in [0, 0.05) is 6.54 Å². The number of benzene rings is 1. The Morgan fingerprint density at radius 3 is 2.72 bits per heavy atom. The Labute approximate surface area is 106 Å². The molecule has 3 nitrogen and oxygen atoms in total. The van der Waals surface area contributed by atoms with Gasteiger partial charge in [-0.15, -0.1) is 0 Å². The predicted molar refractivity (Wildman–Crippen MR) is 69.0 cm³/mol. The van der Waals surface area contributed by atoms with E-state index in [2.05, 4.69) is 10.6 Å². The fourth-order valence-electron chi connectivity index (χ4n) is 3.03. The van der Waals surface area contributed by atoms with Gasteiger partial charge in [-0.05, 0) is 25.0 Å². The van der Waals surface area contributed by atoms with Crippen molar-refractivity contribution in [1.29, 1.82) is 0 Å². The summed E-state index contributed by atoms with van der Waals surface area (Å²) >= 11 is 0. The number of nitrogens with one attached hydrogen (secondary N) is 2. The van der Waals surface area contributed by atoms with Gasteiger partial charge >= 0.3 is 0 Å². The first-order chi connectivity index (χ1) is 8.71. The Morgan fingerprint density at radius 1 is 1.17 bits per heavy atom. The molecule has 1 aromatic carbocycles. The number of carbonyl (C=O) groups is 1. The fraction of sp³-hybridized carbons (Fsp3) is 0.500. The first-order valence-corrected chi connectivity index (χ1v) is 6.55. The van der Waals surface area contributed by atoms with E-state index in [9.17, 15) is 9.18 Å². The van der Waals surface area contributed by atoms with Crippen LogP contribution in [0.1, 0.15) is 32.1 Å². The topological polar surface area (TPSA) is 41.1 Å². The van der Waals surface area contributed by atoms with Crippen molar-refractivity contribution in [2.24, 2.45) is 5.41 Å². The van der Waals surface area contributed by atoms with Crippen molar-refractivity contribution in [2.45, 2.75) is 32.1 Å². The average molecular weight is 248 g/mol. The molecule has 0 saturated heterocycles. The number of fused-ring (bicyclic) bond motifs is 1. The molecule has 96 valence electrons. The van der Waals surface area contributed by atoms with Crippen molar-refractivity contribution < 1.29 is 9.18 Å². The van der Waals surface area contributed by atoms with Gasteiger partial charge in [0.05, 0.1) is 16.8 Å². The molecule has 4 heteroatoms. The second-order valence-electron chi connectivity index (χ2n) is 5.31. The molecule has 1 saturated carbocycles. The Bertz CT molecular complexity index is 481. The fourth-order valence-corrected chi connectivity index (χ4v) is 3.03. The lowest BCUT2D eigenvalue weighted by molar-refractivity contribution is -0.126. The van der Waals surface area contributed by atoms with Crippen molar-refractivity contribution in [3.63, 3.8) is 0 Å². The van der Waals surface area contributed by atoms with Gasteiger partial charge in [0.15, 0.2) is 0 Å². The third kappa shape index (κ3) is 1.76. The Kier molecular flexibility index (Phi) is 2.73. The third-order valence-corrected chi connectivity index (χ3v) is 4.16. The van der Waals surface area contributed by atoms with Crippen LogP contribution in [0.5, 0.6) is 0 Å². The zero-order chi connectivity index (χ0) is 12.6. The molecular formula is C14H17FN2O. The number of hydrogen-bond acceptors (Lipinski definition) is 2. The van der Waals surface area contributed by atoms with E-state index in [4.69, 9.17) is 0 Å². The van der Waals surface area contributed by atoms with Crippen LogP contribution in [0.25, 0.3) is 0 Å². The van der Waals surface area contributed by atoms with Gasteiger partial charge in [0.2, 0.25) is 5.91 Å². The lowest BCUT2D eigenvalue weighted by Gasteiger charge is -2.34. The monoisotopic (exact) mass is 248 g/mol. The van der Waals surface area contributed by atoms with Crippen LogP contribution in [0.2, 0.25) is 0 Å². The number of hydrogen-bond donors (Lipinski definition) is 2. The molecule has 1 aliphatic heterocycles. The second kappa shape index (κ2) is 4.26. The largest absolute Gasteiger partial charge is 0.380 e. The smallest absolute Gasteiger partial charge is 0.232 e. The van der Waals surface area contributed by atoms with Crippen molar-refractivity contribution in [1.82, 2.24) is 0 Å². The molecule has 18 heavy (non-hydrogen) atoms. The molecule has 0 bridgehead atoms. The highest BCUT2D eigenvalue weighted by Crippen LogP contribution is 2.41. The molecule has 0 unspecified atom stereocenters. The lowest BCUT2D eigenvalue weighted by Crippen LogP contribution is -2.41. The molecule has 1 heterocycles. The molecule has 0 aromatic heterocycles.